The number of amides is 1. The molecule has 2 rings (SSSR count). The first-order valence-corrected chi connectivity index (χ1v) is 6.09. The fraction of sp³-hybridized carbons (Fsp3) is 0.917. The van der Waals surface area contributed by atoms with E-state index >= 15 is 0 Å². The zero-order chi connectivity index (χ0) is 11.1. The van der Waals surface area contributed by atoms with Crippen molar-refractivity contribution >= 4 is 5.91 Å². The van der Waals surface area contributed by atoms with Gasteiger partial charge in [-0.3, -0.25) is 4.79 Å². The molecule has 2 saturated carbocycles. The molecule has 0 bridgehead atoms. The number of rotatable bonds is 3. The van der Waals surface area contributed by atoms with Crippen molar-refractivity contribution in [1.29, 1.82) is 0 Å². The topological polar surface area (TPSA) is 55.1 Å². The van der Waals surface area contributed by atoms with Crippen molar-refractivity contribution in [2.45, 2.75) is 57.5 Å². The Kier molecular flexibility index (Phi) is 2.75. The van der Waals surface area contributed by atoms with Crippen molar-refractivity contribution in [1.82, 2.24) is 5.32 Å². The number of hydrogen-bond acceptors (Lipinski definition) is 2. The molecular weight excluding hydrogens is 188 g/mol. The van der Waals surface area contributed by atoms with Crippen molar-refractivity contribution in [2.24, 2.45) is 17.6 Å². The van der Waals surface area contributed by atoms with Crippen molar-refractivity contribution in [2.75, 3.05) is 0 Å². The first kappa shape index (κ1) is 10.9. The van der Waals surface area contributed by atoms with Gasteiger partial charge in [-0.1, -0.05) is 13.8 Å². The van der Waals surface area contributed by atoms with E-state index in [1.165, 1.54) is 19.3 Å². The van der Waals surface area contributed by atoms with Crippen LogP contribution in [-0.4, -0.2) is 17.5 Å². The van der Waals surface area contributed by atoms with E-state index in [0.717, 1.165) is 12.8 Å². The monoisotopic (exact) mass is 210 g/mol. The number of nitrogens with one attached hydrogen (secondary N) is 1. The van der Waals surface area contributed by atoms with Crippen LogP contribution in [0.2, 0.25) is 0 Å². The van der Waals surface area contributed by atoms with Crippen LogP contribution < -0.4 is 11.1 Å². The van der Waals surface area contributed by atoms with E-state index in [0.29, 0.717) is 17.9 Å². The molecule has 2 aliphatic rings. The highest BCUT2D eigenvalue weighted by Crippen LogP contribution is 2.38. The average molecular weight is 210 g/mol. The summed E-state index contributed by atoms with van der Waals surface area (Å²) in [6.07, 6.45) is 5.48. The Balaban J connectivity index is 2.11. The number of nitrogens with two attached hydrogens (primary N) is 1. The summed E-state index contributed by atoms with van der Waals surface area (Å²) < 4.78 is 0. The zero-order valence-electron chi connectivity index (χ0n) is 9.75. The molecular formula is C12H22N2O. The summed E-state index contributed by atoms with van der Waals surface area (Å²) >= 11 is 0. The normalized spacial score (nSPS) is 41.5. The van der Waals surface area contributed by atoms with Gasteiger partial charge in [0.25, 0.3) is 0 Å². The third kappa shape index (κ3) is 2.33. The fourth-order valence-corrected chi connectivity index (χ4v) is 3.14. The molecule has 0 saturated heterocycles. The molecule has 2 atom stereocenters. The molecule has 2 fully saturated rings. The molecule has 3 N–H and O–H groups in total. The summed E-state index contributed by atoms with van der Waals surface area (Å²) in [5, 5.41) is 3.49. The smallest absolute Gasteiger partial charge is 0.237 e. The Morgan fingerprint density at radius 2 is 1.80 bits per heavy atom. The first-order valence-electron chi connectivity index (χ1n) is 6.09. The third-order valence-electron chi connectivity index (χ3n) is 3.73. The van der Waals surface area contributed by atoms with Crippen molar-refractivity contribution in [3.63, 3.8) is 0 Å². The van der Waals surface area contributed by atoms with Gasteiger partial charge < -0.3 is 11.1 Å². The summed E-state index contributed by atoms with van der Waals surface area (Å²) in [5.74, 6) is 1.06. The van der Waals surface area contributed by atoms with Crippen LogP contribution in [0.5, 0.6) is 0 Å². The van der Waals surface area contributed by atoms with Crippen LogP contribution in [0.15, 0.2) is 0 Å². The van der Waals surface area contributed by atoms with E-state index in [1.54, 1.807) is 0 Å². The molecule has 0 spiro atoms. The highest BCUT2D eigenvalue weighted by molar-refractivity contribution is 5.85. The van der Waals surface area contributed by atoms with E-state index < -0.39 is 5.54 Å². The standard InChI is InChI=1S/C12H22N2O/c1-8-5-9(2)7-12(6-8,11(13)15)14-10-3-4-10/h8-10,14H,3-7H2,1-2H3,(H2,13,15). The highest BCUT2D eigenvalue weighted by Gasteiger charge is 2.45. The third-order valence-corrected chi connectivity index (χ3v) is 3.73. The van der Waals surface area contributed by atoms with Crippen LogP contribution in [0.4, 0.5) is 0 Å². The van der Waals surface area contributed by atoms with Gasteiger partial charge >= 0.3 is 0 Å². The van der Waals surface area contributed by atoms with E-state index in [4.69, 9.17) is 5.73 Å². The van der Waals surface area contributed by atoms with Gasteiger partial charge in [0.15, 0.2) is 0 Å². The van der Waals surface area contributed by atoms with Crippen LogP contribution >= 0.6 is 0 Å². The molecule has 15 heavy (non-hydrogen) atoms. The lowest BCUT2D eigenvalue weighted by Crippen LogP contribution is -2.59. The van der Waals surface area contributed by atoms with Gasteiger partial charge in [-0.2, -0.15) is 0 Å². The first-order chi connectivity index (χ1) is 7.02. The van der Waals surface area contributed by atoms with Gasteiger partial charge in [0.05, 0.1) is 5.54 Å². The van der Waals surface area contributed by atoms with Crippen LogP contribution in [0.25, 0.3) is 0 Å². The van der Waals surface area contributed by atoms with Gasteiger partial charge in [0, 0.05) is 6.04 Å². The quantitative estimate of drug-likeness (QED) is 0.740. The molecule has 0 aliphatic heterocycles. The maximum atomic E-state index is 11.7. The Morgan fingerprint density at radius 3 is 2.20 bits per heavy atom. The second-order valence-electron chi connectivity index (χ2n) is 5.72. The zero-order valence-corrected chi connectivity index (χ0v) is 9.75. The van der Waals surface area contributed by atoms with E-state index in [2.05, 4.69) is 19.2 Å². The van der Waals surface area contributed by atoms with Crippen molar-refractivity contribution in [3.8, 4) is 0 Å². The number of primary amides is 1. The highest BCUT2D eigenvalue weighted by atomic mass is 16.1. The van der Waals surface area contributed by atoms with Gasteiger partial charge in [-0.25, -0.2) is 0 Å². The molecule has 2 aliphatic carbocycles. The Hall–Kier alpha value is -0.570. The van der Waals surface area contributed by atoms with Crippen LogP contribution in [0.1, 0.15) is 46.0 Å². The maximum Gasteiger partial charge on any atom is 0.237 e. The molecule has 0 aromatic rings. The predicted molar refractivity (Wildman–Crippen MR) is 60.3 cm³/mol. The van der Waals surface area contributed by atoms with Crippen molar-refractivity contribution < 1.29 is 4.79 Å². The molecule has 86 valence electrons. The summed E-state index contributed by atoms with van der Waals surface area (Å²) in [6.45, 7) is 4.45. The molecule has 0 aromatic heterocycles. The largest absolute Gasteiger partial charge is 0.368 e. The molecule has 0 aromatic carbocycles. The second-order valence-corrected chi connectivity index (χ2v) is 5.72. The van der Waals surface area contributed by atoms with Crippen LogP contribution in [0, 0.1) is 11.8 Å². The molecule has 3 heteroatoms. The Labute approximate surface area is 91.8 Å². The minimum absolute atomic E-state index is 0.146. The minimum atomic E-state index is -0.405. The number of carbonyl (C=O) groups is 1. The fourth-order valence-electron chi connectivity index (χ4n) is 3.14. The SMILES string of the molecule is CC1CC(C)CC(NC2CC2)(C(N)=O)C1. The lowest BCUT2D eigenvalue weighted by atomic mass is 9.71. The maximum absolute atomic E-state index is 11.7. The van der Waals surface area contributed by atoms with Gasteiger partial charge in [0.1, 0.15) is 0 Å². The van der Waals surface area contributed by atoms with Crippen LogP contribution in [0.3, 0.4) is 0 Å². The van der Waals surface area contributed by atoms with E-state index in [1.807, 2.05) is 0 Å². The number of carbonyl (C=O) groups excluding carboxylic acids is 1. The Morgan fingerprint density at radius 1 is 1.27 bits per heavy atom. The predicted octanol–water partition coefficient (Wildman–Crippen LogP) is 1.42. The summed E-state index contributed by atoms with van der Waals surface area (Å²) in [4.78, 5) is 11.7. The Bertz CT molecular complexity index is 245. The average Bonchev–Trinajstić information content (AvgIpc) is 2.85. The lowest BCUT2D eigenvalue weighted by molar-refractivity contribution is -0.127. The van der Waals surface area contributed by atoms with Gasteiger partial charge in [0.2, 0.25) is 5.91 Å². The van der Waals surface area contributed by atoms with E-state index in [-0.39, 0.29) is 5.91 Å². The lowest BCUT2D eigenvalue weighted by Gasteiger charge is -2.41. The molecule has 0 radical (unpaired) electrons. The van der Waals surface area contributed by atoms with E-state index in [9.17, 15) is 4.79 Å². The van der Waals surface area contributed by atoms with Gasteiger partial charge in [-0.15, -0.1) is 0 Å². The second kappa shape index (κ2) is 3.78. The molecule has 0 heterocycles. The summed E-state index contributed by atoms with van der Waals surface area (Å²) in [7, 11) is 0. The minimum Gasteiger partial charge on any atom is -0.368 e. The number of hydrogen-bond donors (Lipinski definition) is 2. The summed E-state index contributed by atoms with van der Waals surface area (Å²) in [5.41, 5.74) is 5.20. The molecule has 3 nitrogen and oxygen atoms in total. The summed E-state index contributed by atoms with van der Waals surface area (Å²) in [6, 6.07) is 0.551. The molecule has 1 amide bonds. The van der Waals surface area contributed by atoms with Gasteiger partial charge in [-0.05, 0) is 43.9 Å². The molecule has 2 unspecified atom stereocenters. The van der Waals surface area contributed by atoms with Crippen molar-refractivity contribution in [3.05, 3.63) is 0 Å². The van der Waals surface area contributed by atoms with Crippen LogP contribution in [-0.2, 0) is 4.79 Å².